The van der Waals surface area contributed by atoms with Crippen LogP contribution in [0, 0.1) is 6.92 Å². The van der Waals surface area contributed by atoms with Crippen LogP contribution in [-0.4, -0.2) is 41.7 Å². The standard InChI is InChI=1S/C15H20N6O/c1-10-7-14(20-15(16)19-10)21-5-6-22-13(9-21)12-4-3-11(17-2)8-18-12/h3-4,7-8,13,17H,5-6,9H2,1-2H3,(H2,16,19,20)/t13-/m1/s1. The molecule has 0 amide bonds. The van der Waals surface area contributed by atoms with Crippen molar-refractivity contribution >= 4 is 17.5 Å². The summed E-state index contributed by atoms with van der Waals surface area (Å²) >= 11 is 0. The van der Waals surface area contributed by atoms with Gasteiger partial charge in [-0.25, -0.2) is 4.98 Å². The molecule has 2 aromatic rings. The maximum Gasteiger partial charge on any atom is 0.222 e. The van der Waals surface area contributed by atoms with Crippen molar-refractivity contribution in [2.75, 3.05) is 42.7 Å². The minimum absolute atomic E-state index is 0.0730. The molecule has 2 aromatic heterocycles. The number of nitrogens with zero attached hydrogens (tertiary/aromatic N) is 4. The maximum absolute atomic E-state index is 5.85. The van der Waals surface area contributed by atoms with Crippen molar-refractivity contribution in [3.63, 3.8) is 0 Å². The van der Waals surface area contributed by atoms with E-state index >= 15 is 0 Å². The first kappa shape index (κ1) is 14.5. The predicted molar refractivity (Wildman–Crippen MR) is 85.9 cm³/mol. The summed E-state index contributed by atoms with van der Waals surface area (Å²) < 4.78 is 5.85. The van der Waals surface area contributed by atoms with Crippen molar-refractivity contribution in [3.8, 4) is 0 Å². The normalized spacial score (nSPS) is 18.3. The fourth-order valence-electron chi connectivity index (χ4n) is 2.52. The van der Waals surface area contributed by atoms with Crippen molar-refractivity contribution < 1.29 is 4.74 Å². The topological polar surface area (TPSA) is 89.2 Å². The number of hydrogen-bond acceptors (Lipinski definition) is 7. The minimum atomic E-state index is -0.0730. The van der Waals surface area contributed by atoms with Crippen LogP contribution in [0.1, 0.15) is 17.5 Å². The molecule has 1 aliphatic heterocycles. The van der Waals surface area contributed by atoms with Crippen LogP contribution in [0.3, 0.4) is 0 Å². The molecule has 1 aliphatic rings. The van der Waals surface area contributed by atoms with Gasteiger partial charge in [0.25, 0.3) is 0 Å². The first-order chi connectivity index (χ1) is 10.7. The van der Waals surface area contributed by atoms with Crippen molar-refractivity contribution in [1.82, 2.24) is 15.0 Å². The quantitative estimate of drug-likeness (QED) is 0.885. The molecule has 1 saturated heterocycles. The summed E-state index contributed by atoms with van der Waals surface area (Å²) in [6.07, 6.45) is 1.74. The molecule has 116 valence electrons. The third-order valence-electron chi connectivity index (χ3n) is 3.65. The summed E-state index contributed by atoms with van der Waals surface area (Å²) in [5.41, 5.74) is 8.51. The molecule has 0 aliphatic carbocycles. The monoisotopic (exact) mass is 300 g/mol. The molecule has 1 fully saturated rings. The van der Waals surface area contributed by atoms with Crippen molar-refractivity contribution in [2.45, 2.75) is 13.0 Å². The fraction of sp³-hybridized carbons (Fsp3) is 0.400. The summed E-state index contributed by atoms with van der Waals surface area (Å²) in [6.45, 7) is 4.02. The summed E-state index contributed by atoms with van der Waals surface area (Å²) in [5.74, 6) is 1.14. The first-order valence-corrected chi connectivity index (χ1v) is 7.27. The van der Waals surface area contributed by atoms with Crippen LogP contribution in [0.15, 0.2) is 24.4 Å². The minimum Gasteiger partial charge on any atom is -0.387 e. The lowest BCUT2D eigenvalue weighted by molar-refractivity contribution is 0.0368. The number of aromatic nitrogens is 3. The largest absolute Gasteiger partial charge is 0.387 e. The van der Waals surface area contributed by atoms with Gasteiger partial charge in [0.1, 0.15) is 11.9 Å². The van der Waals surface area contributed by atoms with Gasteiger partial charge >= 0.3 is 0 Å². The molecule has 0 saturated carbocycles. The van der Waals surface area contributed by atoms with E-state index in [1.165, 1.54) is 0 Å². The van der Waals surface area contributed by atoms with Gasteiger partial charge in [-0.15, -0.1) is 0 Å². The van der Waals surface area contributed by atoms with Gasteiger partial charge in [0.15, 0.2) is 0 Å². The second-order valence-electron chi connectivity index (χ2n) is 5.25. The molecular formula is C15H20N6O. The Balaban J connectivity index is 1.78. The Morgan fingerprint density at radius 3 is 2.91 bits per heavy atom. The van der Waals surface area contributed by atoms with Gasteiger partial charge in [-0.1, -0.05) is 0 Å². The number of aryl methyl sites for hydroxylation is 1. The van der Waals surface area contributed by atoms with E-state index in [1.54, 1.807) is 0 Å². The average Bonchev–Trinajstić information content (AvgIpc) is 2.54. The highest BCUT2D eigenvalue weighted by Crippen LogP contribution is 2.25. The molecule has 0 spiro atoms. The van der Waals surface area contributed by atoms with E-state index in [1.807, 2.05) is 38.4 Å². The van der Waals surface area contributed by atoms with E-state index in [9.17, 15) is 0 Å². The average molecular weight is 300 g/mol. The smallest absolute Gasteiger partial charge is 0.222 e. The van der Waals surface area contributed by atoms with Crippen LogP contribution >= 0.6 is 0 Å². The molecule has 0 radical (unpaired) electrons. The van der Waals surface area contributed by atoms with Gasteiger partial charge in [-0.05, 0) is 19.1 Å². The molecule has 3 rings (SSSR count). The molecule has 22 heavy (non-hydrogen) atoms. The molecule has 7 nitrogen and oxygen atoms in total. The lowest BCUT2D eigenvalue weighted by atomic mass is 10.2. The Morgan fingerprint density at radius 2 is 2.23 bits per heavy atom. The first-order valence-electron chi connectivity index (χ1n) is 7.27. The van der Waals surface area contributed by atoms with E-state index in [0.717, 1.165) is 29.4 Å². The van der Waals surface area contributed by atoms with Crippen LogP contribution in [0.25, 0.3) is 0 Å². The SMILES string of the molecule is CNc1ccc([C@H]2CN(c3cc(C)nc(N)n3)CCO2)nc1. The lowest BCUT2D eigenvalue weighted by Gasteiger charge is -2.33. The molecule has 7 heteroatoms. The number of ether oxygens (including phenoxy) is 1. The Hall–Kier alpha value is -2.41. The highest BCUT2D eigenvalue weighted by molar-refractivity contribution is 5.44. The van der Waals surface area contributed by atoms with Crippen molar-refractivity contribution in [3.05, 3.63) is 35.8 Å². The van der Waals surface area contributed by atoms with Crippen LogP contribution in [0.4, 0.5) is 17.5 Å². The number of hydrogen-bond donors (Lipinski definition) is 2. The van der Waals surface area contributed by atoms with Gasteiger partial charge in [0.05, 0.1) is 30.7 Å². The fourth-order valence-corrected chi connectivity index (χ4v) is 2.52. The van der Waals surface area contributed by atoms with E-state index in [-0.39, 0.29) is 6.10 Å². The summed E-state index contributed by atoms with van der Waals surface area (Å²) in [7, 11) is 1.87. The summed E-state index contributed by atoms with van der Waals surface area (Å²) in [4.78, 5) is 15.1. The van der Waals surface area contributed by atoms with E-state index in [0.29, 0.717) is 19.1 Å². The number of nitrogens with two attached hydrogens (primary N) is 1. The Kier molecular flexibility index (Phi) is 4.06. The zero-order chi connectivity index (χ0) is 15.5. The van der Waals surface area contributed by atoms with Gasteiger partial charge < -0.3 is 20.7 Å². The highest BCUT2D eigenvalue weighted by Gasteiger charge is 2.24. The van der Waals surface area contributed by atoms with Crippen LogP contribution in [-0.2, 0) is 4.74 Å². The number of anilines is 3. The molecule has 3 heterocycles. The van der Waals surface area contributed by atoms with E-state index in [2.05, 4.69) is 25.2 Å². The highest BCUT2D eigenvalue weighted by atomic mass is 16.5. The third-order valence-corrected chi connectivity index (χ3v) is 3.65. The van der Waals surface area contributed by atoms with Crippen LogP contribution < -0.4 is 16.0 Å². The van der Waals surface area contributed by atoms with E-state index < -0.39 is 0 Å². The van der Waals surface area contributed by atoms with Gasteiger partial charge in [0.2, 0.25) is 5.95 Å². The van der Waals surface area contributed by atoms with Crippen LogP contribution in [0.2, 0.25) is 0 Å². The van der Waals surface area contributed by atoms with E-state index in [4.69, 9.17) is 10.5 Å². The molecule has 1 atom stereocenters. The number of pyridine rings is 1. The molecule has 0 unspecified atom stereocenters. The Morgan fingerprint density at radius 1 is 1.36 bits per heavy atom. The van der Waals surface area contributed by atoms with Crippen molar-refractivity contribution in [1.29, 1.82) is 0 Å². The molecular weight excluding hydrogens is 280 g/mol. The zero-order valence-electron chi connectivity index (χ0n) is 12.8. The Labute approximate surface area is 129 Å². The van der Waals surface area contributed by atoms with Gasteiger partial charge in [-0.3, -0.25) is 4.98 Å². The number of morpholine rings is 1. The zero-order valence-corrected chi connectivity index (χ0v) is 12.8. The summed E-state index contributed by atoms with van der Waals surface area (Å²) in [6, 6.07) is 5.92. The maximum atomic E-state index is 5.85. The Bertz CT molecular complexity index is 625. The molecule has 0 aromatic carbocycles. The van der Waals surface area contributed by atoms with Gasteiger partial charge in [0, 0.05) is 25.4 Å². The number of nitrogens with one attached hydrogen (secondary N) is 1. The summed E-state index contributed by atoms with van der Waals surface area (Å²) in [5, 5.41) is 3.06. The predicted octanol–water partition coefficient (Wildman–Crippen LogP) is 1.38. The van der Waals surface area contributed by atoms with Crippen LogP contribution in [0.5, 0.6) is 0 Å². The molecule has 3 N–H and O–H groups in total. The van der Waals surface area contributed by atoms with Crippen molar-refractivity contribution in [2.24, 2.45) is 0 Å². The second kappa shape index (κ2) is 6.15. The third kappa shape index (κ3) is 3.09. The van der Waals surface area contributed by atoms with Gasteiger partial charge in [-0.2, -0.15) is 4.98 Å². The number of rotatable bonds is 3. The lowest BCUT2D eigenvalue weighted by Crippen LogP contribution is -2.39. The second-order valence-corrected chi connectivity index (χ2v) is 5.25. The molecule has 0 bridgehead atoms. The number of nitrogen functional groups attached to an aromatic ring is 1.